The summed E-state index contributed by atoms with van der Waals surface area (Å²) in [5, 5.41) is 0.0370. The molecule has 0 radical (unpaired) electrons. The van der Waals surface area contributed by atoms with Gasteiger partial charge in [-0.05, 0) is 48.1 Å². The van der Waals surface area contributed by atoms with Crippen molar-refractivity contribution in [2.24, 2.45) is 0 Å². The third-order valence-electron chi connectivity index (χ3n) is 6.63. The largest absolute Gasteiger partial charge is 0.522 e. The van der Waals surface area contributed by atoms with Gasteiger partial charge in [0.1, 0.15) is 11.6 Å². The number of rotatable bonds is 7. The van der Waals surface area contributed by atoms with Crippen LogP contribution in [0.4, 0.5) is 26.4 Å². The smallest absolute Gasteiger partial charge is 0.344 e. The summed E-state index contributed by atoms with van der Waals surface area (Å²) in [6, 6.07) is 8.21. The van der Waals surface area contributed by atoms with E-state index in [9.17, 15) is 36.0 Å². The van der Waals surface area contributed by atoms with Crippen molar-refractivity contribution in [1.82, 2.24) is 14.6 Å². The number of likely N-dealkylation sites (tertiary alicyclic amines) is 1. The van der Waals surface area contributed by atoms with Gasteiger partial charge in [-0.3, -0.25) is 14.3 Å². The number of nitrogens with zero attached hydrogens (tertiary/aromatic N) is 3. The molecule has 0 N–H and O–H groups in total. The quantitative estimate of drug-likeness (QED) is 0.285. The topological polar surface area (TPSA) is 54.8 Å². The molecule has 1 fully saturated rings. The average molecular weight is 541 g/mol. The highest BCUT2D eigenvalue weighted by Gasteiger charge is 2.30. The lowest BCUT2D eigenvalue weighted by atomic mass is 9.88. The maximum absolute atomic E-state index is 14.7. The standard InChI is InChI=1S/C26H25F6N3O3/c1-16(36)35(32)14-17-5-6-21(27)19(13-17)18-7-9-33(10-8-18)25(37)20-15-34(11-12-38-26(29,30)31)23-4-2-3-22(28)24(20)23/h2-6,13,15,18H,7-12,14H2,1H3. The second-order valence-electron chi connectivity index (χ2n) is 9.13. The Labute approximate surface area is 214 Å². The molecule has 0 atom stereocenters. The molecule has 2 aromatic carbocycles. The van der Waals surface area contributed by atoms with Crippen molar-refractivity contribution in [2.75, 3.05) is 19.7 Å². The number of alkyl halides is 3. The van der Waals surface area contributed by atoms with E-state index in [1.54, 1.807) is 0 Å². The van der Waals surface area contributed by atoms with Crippen LogP contribution in [-0.4, -0.2) is 52.5 Å². The van der Waals surface area contributed by atoms with Crippen LogP contribution in [0.3, 0.4) is 0 Å². The average Bonchev–Trinajstić information content (AvgIpc) is 3.24. The third kappa shape index (κ3) is 6.12. The predicted octanol–water partition coefficient (Wildman–Crippen LogP) is 5.71. The van der Waals surface area contributed by atoms with Gasteiger partial charge in [0.05, 0.1) is 24.2 Å². The molecule has 1 saturated heterocycles. The van der Waals surface area contributed by atoms with Crippen LogP contribution in [0.2, 0.25) is 0 Å². The Morgan fingerprint density at radius 2 is 1.79 bits per heavy atom. The lowest BCUT2D eigenvalue weighted by molar-refractivity contribution is -0.325. The molecule has 2 heterocycles. The van der Waals surface area contributed by atoms with Crippen molar-refractivity contribution < 1.29 is 40.8 Å². The first kappa shape index (κ1) is 27.5. The second-order valence-corrected chi connectivity index (χ2v) is 9.13. The third-order valence-corrected chi connectivity index (χ3v) is 6.63. The summed E-state index contributed by atoms with van der Waals surface area (Å²) in [6.45, 7) is 0.271. The Bertz CT molecular complexity index is 1330. The normalized spacial score (nSPS) is 14.8. The van der Waals surface area contributed by atoms with Crippen LogP contribution >= 0.6 is 0 Å². The molecule has 0 bridgehead atoms. The van der Waals surface area contributed by atoms with E-state index < -0.39 is 36.4 Å². The molecule has 0 spiro atoms. The van der Waals surface area contributed by atoms with E-state index in [0.29, 0.717) is 24.0 Å². The van der Waals surface area contributed by atoms with E-state index in [-0.39, 0.29) is 53.7 Å². The lowest BCUT2D eigenvalue weighted by Crippen LogP contribution is -2.38. The van der Waals surface area contributed by atoms with Crippen LogP contribution in [0.5, 0.6) is 0 Å². The summed E-state index contributed by atoms with van der Waals surface area (Å²) < 4.78 is 85.4. The number of carbonyl (C=O) groups excluding carboxylic acids is 2. The second kappa shape index (κ2) is 11.1. The fourth-order valence-corrected chi connectivity index (χ4v) is 4.76. The fraction of sp³-hybridized carbons (Fsp3) is 0.385. The first-order chi connectivity index (χ1) is 17.9. The number of aromatic nitrogens is 1. The van der Waals surface area contributed by atoms with Gasteiger partial charge in [-0.25, -0.2) is 8.78 Å². The van der Waals surface area contributed by atoms with Gasteiger partial charge in [-0.15, -0.1) is 13.2 Å². The van der Waals surface area contributed by atoms with Gasteiger partial charge in [-0.1, -0.05) is 22.7 Å². The van der Waals surface area contributed by atoms with Crippen LogP contribution in [-0.2, 0) is 22.6 Å². The first-order valence-corrected chi connectivity index (χ1v) is 11.9. The molecule has 3 aromatic rings. The van der Waals surface area contributed by atoms with Gasteiger partial charge in [0.2, 0.25) is 5.91 Å². The fourth-order valence-electron chi connectivity index (χ4n) is 4.76. The Hall–Kier alpha value is -3.54. The molecular weight excluding hydrogens is 516 g/mol. The number of piperidine rings is 1. The van der Waals surface area contributed by atoms with Crippen LogP contribution in [0.25, 0.3) is 10.9 Å². The monoisotopic (exact) mass is 541 g/mol. The summed E-state index contributed by atoms with van der Waals surface area (Å²) in [7, 11) is 0. The van der Waals surface area contributed by atoms with Crippen molar-refractivity contribution >= 4 is 22.7 Å². The van der Waals surface area contributed by atoms with Crippen LogP contribution < -0.4 is 0 Å². The molecule has 1 aromatic heterocycles. The summed E-state index contributed by atoms with van der Waals surface area (Å²) >= 11 is 0. The van der Waals surface area contributed by atoms with Crippen LogP contribution in [0.1, 0.15) is 47.2 Å². The zero-order valence-electron chi connectivity index (χ0n) is 20.4. The number of hydrogen-bond acceptors (Lipinski definition) is 3. The highest BCUT2D eigenvalue weighted by molar-refractivity contribution is 6.07. The molecular formula is C26H25F6N3O3. The SMILES string of the molecule is CC(=O)N(F)Cc1ccc(F)c(C2CCN(C(=O)c3cn(CCOC(F)(F)F)c4cccc(F)c34)CC2)c1. The van der Waals surface area contributed by atoms with E-state index in [0.717, 1.165) is 6.92 Å². The molecule has 0 unspecified atom stereocenters. The van der Waals surface area contributed by atoms with Crippen LogP contribution in [0.15, 0.2) is 42.6 Å². The highest BCUT2D eigenvalue weighted by atomic mass is 19.4. The van der Waals surface area contributed by atoms with Crippen molar-refractivity contribution in [3.05, 3.63) is 70.9 Å². The number of amides is 2. The van der Waals surface area contributed by atoms with E-state index in [1.165, 1.54) is 52.1 Å². The lowest BCUT2D eigenvalue weighted by Gasteiger charge is -2.32. The molecule has 2 amide bonds. The number of hydrogen-bond donors (Lipinski definition) is 0. The molecule has 4 rings (SSSR count). The van der Waals surface area contributed by atoms with Gasteiger partial charge in [0, 0.05) is 38.1 Å². The minimum atomic E-state index is -4.81. The zero-order valence-corrected chi connectivity index (χ0v) is 20.4. The summed E-state index contributed by atoms with van der Waals surface area (Å²) in [4.78, 5) is 26.0. The summed E-state index contributed by atoms with van der Waals surface area (Å²) in [5.74, 6) is -2.67. The van der Waals surface area contributed by atoms with E-state index in [1.807, 2.05) is 0 Å². The van der Waals surface area contributed by atoms with Crippen molar-refractivity contribution in [1.29, 1.82) is 0 Å². The molecule has 1 aliphatic rings. The maximum atomic E-state index is 14.7. The molecule has 38 heavy (non-hydrogen) atoms. The Kier molecular flexibility index (Phi) is 8.00. The minimum absolute atomic E-state index is 0.00613. The zero-order chi connectivity index (χ0) is 27.6. The Morgan fingerprint density at radius 1 is 1.08 bits per heavy atom. The number of ether oxygens (including phenoxy) is 1. The summed E-state index contributed by atoms with van der Waals surface area (Å²) in [6.07, 6.45) is -2.71. The van der Waals surface area contributed by atoms with Crippen LogP contribution in [0, 0.1) is 11.6 Å². The van der Waals surface area contributed by atoms with E-state index in [4.69, 9.17) is 0 Å². The first-order valence-electron chi connectivity index (χ1n) is 11.9. The number of benzene rings is 2. The van der Waals surface area contributed by atoms with Crippen molar-refractivity contribution in [2.45, 2.75) is 45.1 Å². The van der Waals surface area contributed by atoms with Gasteiger partial charge in [0.15, 0.2) is 0 Å². The predicted molar refractivity (Wildman–Crippen MR) is 126 cm³/mol. The molecule has 0 saturated carbocycles. The summed E-state index contributed by atoms with van der Waals surface area (Å²) in [5.41, 5.74) is 1.07. The molecule has 204 valence electrons. The maximum Gasteiger partial charge on any atom is 0.522 e. The van der Waals surface area contributed by atoms with E-state index in [2.05, 4.69) is 4.74 Å². The molecule has 12 heteroatoms. The Balaban J connectivity index is 1.49. The molecule has 0 aliphatic carbocycles. The van der Waals surface area contributed by atoms with Gasteiger partial charge >= 0.3 is 6.36 Å². The molecule has 1 aliphatic heterocycles. The molecule has 6 nitrogen and oxygen atoms in total. The Morgan fingerprint density at radius 3 is 2.45 bits per heavy atom. The van der Waals surface area contributed by atoms with E-state index >= 15 is 0 Å². The highest BCUT2D eigenvalue weighted by Crippen LogP contribution is 2.33. The number of halogens is 6. The van der Waals surface area contributed by atoms with Crippen molar-refractivity contribution in [3.8, 4) is 0 Å². The van der Waals surface area contributed by atoms with Gasteiger partial charge in [0.25, 0.3) is 5.91 Å². The van der Waals surface area contributed by atoms with Gasteiger partial charge in [-0.2, -0.15) is 5.12 Å². The number of carbonyl (C=O) groups is 2. The minimum Gasteiger partial charge on any atom is -0.344 e. The number of fused-ring (bicyclic) bond motifs is 1. The van der Waals surface area contributed by atoms with Gasteiger partial charge < -0.3 is 9.47 Å². The van der Waals surface area contributed by atoms with Crippen molar-refractivity contribution in [3.63, 3.8) is 0 Å².